The highest BCUT2D eigenvalue weighted by Crippen LogP contribution is 2.38. The van der Waals surface area contributed by atoms with Gasteiger partial charge in [0.2, 0.25) is 5.75 Å². The standard InChI is InChI=1S/C29H27BrFN5O6/c1-4-17(3)28-34-23-10-9-19(30)13-22(23)29(38)35(28)32-15-18-11-24(36(39)40)27(25(12-18)41-5-2)42-16-26(37)33-21-8-6-7-20(31)14-21/h6-15,17H,4-5,16H2,1-3H3,(H,33,37)/t17-/m0/s1. The first-order chi connectivity index (χ1) is 20.1. The molecule has 0 aliphatic carbocycles. The number of carbonyl (C=O) groups excluding carboxylic acids is 1. The number of nitro benzene ring substituents is 1. The molecule has 0 unspecified atom stereocenters. The highest BCUT2D eigenvalue weighted by atomic mass is 79.9. The number of ether oxygens (including phenoxy) is 2. The van der Waals surface area contributed by atoms with Crippen molar-refractivity contribution in [3.05, 3.63) is 96.7 Å². The van der Waals surface area contributed by atoms with Crippen LogP contribution in [0.1, 0.15) is 44.5 Å². The third kappa shape index (κ3) is 6.97. The summed E-state index contributed by atoms with van der Waals surface area (Å²) in [5.74, 6) is -1.12. The molecular formula is C29H27BrFN5O6. The van der Waals surface area contributed by atoms with Gasteiger partial charge in [-0.3, -0.25) is 19.7 Å². The van der Waals surface area contributed by atoms with Crippen molar-refractivity contribution in [1.82, 2.24) is 9.66 Å². The van der Waals surface area contributed by atoms with Gasteiger partial charge in [-0.05, 0) is 55.8 Å². The molecule has 0 bridgehead atoms. The molecule has 1 aromatic heterocycles. The van der Waals surface area contributed by atoms with Crippen molar-refractivity contribution in [3.63, 3.8) is 0 Å². The normalized spacial score (nSPS) is 11.9. The highest BCUT2D eigenvalue weighted by Gasteiger charge is 2.24. The minimum Gasteiger partial charge on any atom is -0.490 e. The lowest BCUT2D eigenvalue weighted by atomic mass is 10.1. The molecule has 0 aliphatic rings. The van der Waals surface area contributed by atoms with Crippen LogP contribution in [0.2, 0.25) is 0 Å². The Morgan fingerprint density at radius 1 is 1.21 bits per heavy atom. The second-order valence-electron chi connectivity index (χ2n) is 9.21. The number of nitrogens with one attached hydrogen (secondary N) is 1. The molecule has 4 rings (SSSR count). The Labute approximate surface area is 248 Å². The molecule has 0 radical (unpaired) electrons. The molecule has 1 amide bonds. The summed E-state index contributed by atoms with van der Waals surface area (Å²) >= 11 is 3.38. The number of anilines is 1. The van der Waals surface area contributed by atoms with E-state index in [0.29, 0.717) is 27.6 Å². The molecule has 0 spiro atoms. The summed E-state index contributed by atoms with van der Waals surface area (Å²) in [4.78, 5) is 41.8. The Bertz CT molecular complexity index is 1740. The fraction of sp³-hybridized carbons (Fsp3) is 0.241. The van der Waals surface area contributed by atoms with Gasteiger partial charge in [-0.25, -0.2) is 9.37 Å². The fourth-order valence-corrected chi connectivity index (χ4v) is 4.39. The molecule has 1 heterocycles. The number of aromatic nitrogens is 2. The van der Waals surface area contributed by atoms with Gasteiger partial charge in [0, 0.05) is 27.7 Å². The molecule has 11 nitrogen and oxygen atoms in total. The molecule has 218 valence electrons. The Kier molecular flexibility index (Phi) is 9.63. The van der Waals surface area contributed by atoms with Crippen LogP contribution in [0.25, 0.3) is 10.9 Å². The minimum atomic E-state index is -0.675. The third-order valence-corrected chi connectivity index (χ3v) is 6.71. The van der Waals surface area contributed by atoms with Gasteiger partial charge in [0.1, 0.15) is 11.6 Å². The number of fused-ring (bicyclic) bond motifs is 1. The quantitative estimate of drug-likeness (QED) is 0.120. The van der Waals surface area contributed by atoms with Crippen molar-refractivity contribution in [1.29, 1.82) is 0 Å². The lowest BCUT2D eigenvalue weighted by molar-refractivity contribution is -0.385. The summed E-state index contributed by atoms with van der Waals surface area (Å²) in [5.41, 5.74) is 0.116. The van der Waals surface area contributed by atoms with E-state index in [4.69, 9.17) is 9.47 Å². The van der Waals surface area contributed by atoms with Crippen LogP contribution in [-0.2, 0) is 4.79 Å². The van der Waals surface area contributed by atoms with E-state index in [-0.39, 0.29) is 35.3 Å². The van der Waals surface area contributed by atoms with Crippen LogP contribution in [0, 0.1) is 15.9 Å². The number of hydrogen-bond acceptors (Lipinski definition) is 8. The minimum absolute atomic E-state index is 0.00164. The molecule has 4 aromatic rings. The summed E-state index contributed by atoms with van der Waals surface area (Å²) in [7, 11) is 0. The summed E-state index contributed by atoms with van der Waals surface area (Å²) in [6, 6.07) is 13.1. The van der Waals surface area contributed by atoms with Gasteiger partial charge in [0.25, 0.3) is 11.5 Å². The van der Waals surface area contributed by atoms with E-state index in [0.717, 1.165) is 6.07 Å². The van der Waals surface area contributed by atoms with Crippen LogP contribution in [-0.4, -0.2) is 39.9 Å². The van der Waals surface area contributed by atoms with Crippen LogP contribution >= 0.6 is 15.9 Å². The molecule has 1 atom stereocenters. The number of hydrogen-bond donors (Lipinski definition) is 1. The maximum Gasteiger partial charge on any atom is 0.315 e. The maximum atomic E-state index is 13.4. The van der Waals surface area contributed by atoms with Crippen LogP contribution in [0.3, 0.4) is 0 Å². The fourth-order valence-electron chi connectivity index (χ4n) is 4.03. The monoisotopic (exact) mass is 639 g/mol. The third-order valence-electron chi connectivity index (χ3n) is 6.22. The number of amides is 1. The van der Waals surface area contributed by atoms with Crippen LogP contribution in [0.15, 0.2) is 69.0 Å². The van der Waals surface area contributed by atoms with Gasteiger partial charge in [0.15, 0.2) is 12.4 Å². The first-order valence-corrected chi connectivity index (χ1v) is 13.8. The predicted molar refractivity (Wildman–Crippen MR) is 160 cm³/mol. The van der Waals surface area contributed by atoms with E-state index in [9.17, 15) is 24.1 Å². The van der Waals surface area contributed by atoms with Crippen molar-refractivity contribution in [2.45, 2.75) is 33.1 Å². The molecule has 0 fully saturated rings. The van der Waals surface area contributed by atoms with E-state index >= 15 is 0 Å². The predicted octanol–water partition coefficient (Wildman–Crippen LogP) is 6.02. The van der Waals surface area contributed by atoms with Gasteiger partial charge in [-0.15, -0.1) is 0 Å². The molecule has 0 saturated heterocycles. The zero-order valence-electron chi connectivity index (χ0n) is 23.0. The summed E-state index contributed by atoms with van der Waals surface area (Å²) in [6.45, 7) is 5.12. The van der Waals surface area contributed by atoms with Crippen molar-refractivity contribution in [2.24, 2.45) is 5.10 Å². The lowest BCUT2D eigenvalue weighted by Gasteiger charge is -2.14. The number of benzene rings is 3. The van der Waals surface area contributed by atoms with E-state index in [1.807, 2.05) is 13.8 Å². The summed E-state index contributed by atoms with van der Waals surface area (Å²) in [6.07, 6.45) is 2.00. The van der Waals surface area contributed by atoms with E-state index < -0.39 is 34.5 Å². The second-order valence-corrected chi connectivity index (χ2v) is 10.1. The summed E-state index contributed by atoms with van der Waals surface area (Å²) < 4.78 is 26.5. The smallest absolute Gasteiger partial charge is 0.315 e. The van der Waals surface area contributed by atoms with Crippen molar-refractivity contribution >= 4 is 50.3 Å². The maximum absolute atomic E-state index is 13.4. The highest BCUT2D eigenvalue weighted by molar-refractivity contribution is 9.10. The summed E-state index contributed by atoms with van der Waals surface area (Å²) in [5, 5.41) is 19.2. The first kappa shape index (κ1) is 30.3. The van der Waals surface area contributed by atoms with Gasteiger partial charge >= 0.3 is 5.69 Å². The Morgan fingerprint density at radius 3 is 2.69 bits per heavy atom. The van der Waals surface area contributed by atoms with Gasteiger partial charge < -0.3 is 14.8 Å². The Morgan fingerprint density at radius 2 is 2.00 bits per heavy atom. The van der Waals surface area contributed by atoms with Crippen molar-refractivity contribution in [3.8, 4) is 11.5 Å². The Balaban J connectivity index is 1.70. The number of rotatable bonds is 11. The van der Waals surface area contributed by atoms with Crippen molar-refractivity contribution < 1.29 is 23.6 Å². The SMILES string of the molecule is CCOc1cc(C=Nn2c([C@@H](C)CC)nc3ccc(Br)cc3c2=O)cc([N+](=O)[O-])c1OCC(=O)Nc1cccc(F)c1. The molecule has 1 N–H and O–H groups in total. The molecule has 3 aromatic carbocycles. The first-order valence-electron chi connectivity index (χ1n) is 13.0. The average Bonchev–Trinajstić information content (AvgIpc) is 2.95. The largest absolute Gasteiger partial charge is 0.490 e. The molecule has 0 saturated carbocycles. The second kappa shape index (κ2) is 13.3. The zero-order valence-corrected chi connectivity index (χ0v) is 24.6. The molecule has 13 heteroatoms. The number of nitro groups is 1. The number of nitrogens with zero attached hydrogens (tertiary/aromatic N) is 4. The lowest BCUT2D eigenvalue weighted by Crippen LogP contribution is -2.23. The van der Waals surface area contributed by atoms with Gasteiger partial charge in [-0.2, -0.15) is 9.78 Å². The van der Waals surface area contributed by atoms with Gasteiger partial charge in [-0.1, -0.05) is 35.8 Å². The Hall–Kier alpha value is -4.65. The van der Waals surface area contributed by atoms with E-state index in [1.54, 1.807) is 25.1 Å². The van der Waals surface area contributed by atoms with Crippen molar-refractivity contribution in [2.75, 3.05) is 18.5 Å². The zero-order chi connectivity index (χ0) is 30.4. The van der Waals surface area contributed by atoms with Crippen LogP contribution in [0.5, 0.6) is 11.5 Å². The molecular weight excluding hydrogens is 613 g/mol. The topological polar surface area (TPSA) is 138 Å². The average molecular weight is 640 g/mol. The number of halogens is 2. The van der Waals surface area contributed by atoms with Crippen LogP contribution < -0.4 is 20.3 Å². The van der Waals surface area contributed by atoms with Crippen LogP contribution in [0.4, 0.5) is 15.8 Å². The van der Waals surface area contributed by atoms with E-state index in [1.165, 1.54) is 41.2 Å². The molecule has 42 heavy (non-hydrogen) atoms. The molecule has 0 aliphatic heterocycles. The van der Waals surface area contributed by atoms with Gasteiger partial charge in [0.05, 0.1) is 28.6 Å². The number of carbonyl (C=O) groups is 1. The van der Waals surface area contributed by atoms with E-state index in [2.05, 4.69) is 31.3 Å².